The van der Waals surface area contributed by atoms with Gasteiger partial charge in [-0.15, -0.1) is 6.58 Å². The van der Waals surface area contributed by atoms with Gasteiger partial charge in [-0.25, -0.2) is 14.6 Å². The quantitative estimate of drug-likeness (QED) is 0.138. The molecule has 3 heterocycles. The second-order valence-corrected chi connectivity index (χ2v) is 17.4. The van der Waals surface area contributed by atoms with E-state index in [1.807, 2.05) is 34.6 Å². The number of hydrogen-bond donors (Lipinski definition) is 3. The van der Waals surface area contributed by atoms with Gasteiger partial charge in [0.15, 0.2) is 0 Å². The lowest BCUT2D eigenvalue weighted by atomic mass is 9.85. The number of likely N-dealkylation sites (tertiary alicyclic amines) is 1. The number of rotatable bonds is 13. The van der Waals surface area contributed by atoms with Gasteiger partial charge >= 0.3 is 12.1 Å². The Morgan fingerprint density at radius 3 is 2.40 bits per heavy atom. The van der Waals surface area contributed by atoms with E-state index in [-0.39, 0.29) is 36.1 Å². The molecule has 1 aliphatic heterocycles. The van der Waals surface area contributed by atoms with Crippen LogP contribution in [-0.2, 0) is 23.9 Å². The molecule has 16 heteroatoms. The minimum absolute atomic E-state index is 0.0300. The zero-order valence-electron chi connectivity index (χ0n) is 33.3. The maximum Gasteiger partial charge on any atom is 0.408 e. The molecule has 57 heavy (non-hydrogen) atoms. The Hall–Kier alpha value is -5.05. The molecule has 4 aliphatic rings. The number of alkyl carbamates (subject to hydrolysis) is 1. The molecular formula is C41H51ClN6O9. The van der Waals surface area contributed by atoms with Crippen LogP contribution in [0.3, 0.4) is 0 Å². The molecule has 306 valence electrons. The van der Waals surface area contributed by atoms with E-state index in [1.165, 1.54) is 31.8 Å². The summed E-state index contributed by atoms with van der Waals surface area (Å²) in [5.74, 6) is -0.0379. The van der Waals surface area contributed by atoms with Crippen molar-refractivity contribution in [2.24, 2.45) is 23.2 Å². The first-order valence-corrected chi connectivity index (χ1v) is 19.8. The molecule has 2 aromatic heterocycles. The van der Waals surface area contributed by atoms with E-state index in [1.54, 1.807) is 24.3 Å². The molecule has 3 aromatic rings. The number of esters is 1. The number of hydrogen-bond acceptors (Lipinski definition) is 12. The SMILES string of the molecule is C=C[C@@H]1C[C@]1(NC(=O)[C@@H]1C[C@@H](Oc2cc(-c3coc(NC(C)C)n3)nc3c(Cl)c(OC)ccc23)CN1C(=O)[C@@H](NC(=O)OC1C[C@@H]2C[C@@H]2C1)C(C)(C)C)C(=O)OC. The summed E-state index contributed by atoms with van der Waals surface area (Å²) in [4.78, 5) is 66.1. The van der Waals surface area contributed by atoms with E-state index < -0.39 is 53.0 Å². The van der Waals surface area contributed by atoms with Gasteiger partial charge in [-0.2, -0.15) is 4.98 Å². The van der Waals surface area contributed by atoms with Gasteiger partial charge in [-0.3, -0.25) is 9.59 Å². The van der Waals surface area contributed by atoms with Gasteiger partial charge in [0, 0.05) is 29.8 Å². The van der Waals surface area contributed by atoms with Crippen molar-refractivity contribution in [3.05, 3.63) is 42.1 Å². The van der Waals surface area contributed by atoms with E-state index in [0.29, 0.717) is 58.1 Å². The predicted octanol–water partition coefficient (Wildman–Crippen LogP) is 5.89. The summed E-state index contributed by atoms with van der Waals surface area (Å²) in [6.07, 6.45) is 4.64. The van der Waals surface area contributed by atoms with E-state index in [0.717, 1.165) is 12.8 Å². The number of oxazole rings is 1. The Labute approximate surface area is 336 Å². The minimum atomic E-state index is -1.30. The Morgan fingerprint density at radius 2 is 1.77 bits per heavy atom. The Bertz CT molecular complexity index is 2070. The summed E-state index contributed by atoms with van der Waals surface area (Å²) in [6, 6.07) is 3.40. The molecule has 1 aromatic carbocycles. The summed E-state index contributed by atoms with van der Waals surface area (Å²) < 4.78 is 28.7. The molecular weight excluding hydrogens is 756 g/mol. The zero-order chi connectivity index (χ0) is 41.0. The third-order valence-corrected chi connectivity index (χ3v) is 11.8. The van der Waals surface area contributed by atoms with Crippen molar-refractivity contribution >= 4 is 52.4 Å². The van der Waals surface area contributed by atoms with Crippen molar-refractivity contribution in [2.75, 3.05) is 26.1 Å². The highest BCUT2D eigenvalue weighted by Crippen LogP contribution is 2.52. The summed E-state index contributed by atoms with van der Waals surface area (Å²) in [6.45, 7) is 13.2. The van der Waals surface area contributed by atoms with Crippen molar-refractivity contribution in [3.8, 4) is 22.9 Å². The molecule has 3 aliphatic carbocycles. The number of ether oxygens (including phenoxy) is 4. The first-order valence-electron chi connectivity index (χ1n) is 19.4. The van der Waals surface area contributed by atoms with Crippen LogP contribution in [0.25, 0.3) is 22.3 Å². The van der Waals surface area contributed by atoms with Crippen LogP contribution in [-0.4, -0.2) is 95.4 Å². The molecule has 1 saturated heterocycles. The van der Waals surface area contributed by atoms with Crippen molar-refractivity contribution in [3.63, 3.8) is 0 Å². The molecule has 3 N–H and O–H groups in total. The van der Waals surface area contributed by atoms with E-state index in [2.05, 4.69) is 27.5 Å². The molecule has 8 atom stereocenters. The van der Waals surface area contributed by atoms with Gasteiger partial charge < -0.3 is 44.2 Å². The van der Waals surface area contributed by atoms with Gasteiger partial charge in [0.2, 0.25) is 11.8 Å². The lowest BCUT2D eigenvalue weighted by Gasteiger charge is -2.35. The third kappa shape index (κ3) is 8.08. The Balaban J connectivity index is 1.21. The van der Waals surface area contributed by atoms with E-state index in [4.69, 9.17) is 39.9 Å². The van der Waals surface area contributed by atoms with Gasteiger partial charge in [0.1, 0.15) is 58.3 Å². The summed E-state index contributed by atoms with van der Waals surface area (Å²) in [7, 11) is 2.76. The van der Waals surface area contributed by atoms with Crippen molar-refractivity contribution in [1.29, 1.82) is 0 Å². The van der Waals surface area contributed by atoms with Crippen LogP contribution in [0.15, 0.2) is 41.5 Å². The van der Waals surface area contributed by atoms with Gasteiger partial charge in [-0.05, 0) is 68.9 Å². The predicted molar refractivity (Wildman–Crippen MR) is 211 cm³/mol. The minimum Gasteiger partial charge on any atom is -0.495 e. The number of aromatic nitrogens is 2. The normalized spacial score (nSPS) is 26.6. The number of halogens is 1. The van der Waals surface area contributed by atoms with Crippen LogP contribution in [0.2, 0.25) is 5.02 Å². The summed E-state index contributed by atoms with van der Waals surface area (Å²) in [5, 5.41) is 9.65. The fourth-order valence-electron chi connectivity index (χ4n) is 8.21. The Kier molecular flexibility index (Phi) is 10.8. The third-order valence-electron chi connectivity index (χ3n) is 11.4. The fraction of sp³-hybridized carbons (Fsp3) is 0.561. The fourth-order valence-corrected chi connectivity index (χ4v) is 8.50. The highest BCUT2D eigenvalue weighted by Gasteiger charge is 2.62. The molecule has 1 unspecified atom stereocenters. The number of nitrogens with zero attached hydrogens (tertiary/aromatic N) is 3. The molecule has 3 saturated carbocycles. The van der Waals surface area contributed by atoms with Crippen molar-refractivity contribution in [2.45, 2.75) is 103 Å². The average Bonchev–Trinajstić information content (AvgIpc) is 3.82. The van der Waals surface area contributed by atoms with Gasteiger partial charge in [0.05, 0.1) is 32.0 Å². The standard InChI is InChI=1S/C41H51ClN6O9/c1-9-23-17-41(23,37(51)54-8)47-35(49)29-15-25(18-48(29)36(50)34(40(4,5)6)46-39(52)57-24-13-21-12-22(21)14-24)56-31-16-27(28-19-55-38(45-28)43-20(2)3)44-33-26(31)10-11-30(53-7)32(33)42/h9-11,16,19-25,29,34H,1,12-15,17-18H2,2-8H3,(H,43,45)(H,46,52)(H,47,49)/t21-,22+,23-,24?,25-,29+,34-,41-/m1/s1. The maximum atomic E-state index is 14.7. The molecule has 15 nitrogen and oxygen atoms in total. The highest BCUT2D eigenvalue weighted by atomic mass is 35.5. The molecule has 0 radical (unpaired) electrons. The number of carbonyl (C=O) groups is 4. The number of benzene rings is 1. The van der Waals surface area contributed by atoms with Crippen LogP contribution in [0, 0.1) is 23.2 Å². The average molecular weight is 807 g/mol. The molecule has 4 fully saturated rings. The van der Waals surface area contributed by atoms with E-state index in [9.17, 15) is 19.2 Å². The maximum absolute atomic E-state index is 14.7. The van der Waals surface area contributed by atoms with Crippen LogP contribution >= 0.6 is 11.6 Å². The second-order valence-electron chi connectivity index (χ2n) is 17.0. The number of methoxy groups -OCH3 is 2. The molecule has 0 bridgehead atoms. The first-order chi connectivity index (χ1) is 27.0. The molecule has 3 amide bonds. The van der Waals surface area contributed by atoms with E-state index >= 15 is 0 Å². The monoisotopic (exact) mass is 806 g/mol. The first kappa shape index (κ1) is 40.2. The molecule has 7 rings (SSSR count). The Morgan fingerprint density at radius 1 is 1.04 bits per heavy atom. The van der Waals surface area contributed by atoms with Crippen LogP contribution in [0.4, 0.5) is 10.8 Å². The van der Waals surface area contributed by atoms with Gasteiger partial charge in [-0.1, -0.05) is 38.4 Å². The number of nitrogens with one attached hydrogen (secondary N) is 3. The van der Waals surface area contributed by atoms with Crippen molar-refractivity contribution < 1.29 is 42.5 Å². The summed E-state index contributed by atoms with van der Waals surface area (Å²) in [5.41, 5.74) is -0.892. The molecule has 0 spiro atoms. The van der Waals surface area contributed by atoms with Crippen molar-refractivity contribution in [1.82, 2.24) is 25.5 Å². The number of carbonyl (C=O) groups excluding carboxylic acids is 4. The van der Waals surface area contributed by atoms with Crippen LogP contribution in [0.1, 0.15) is 66.7 Å². The van der Waals surface area contributed by atoms with Gasteiger partial charge in [0.25, 0.3) is 6.01 Å². The number of pyridine rings is 1. The zero-order valence-corrected chi connectivity index (χ0v) is 34.1. The lowest BCUT2D eigenvalue weighted by Crippen LogP contribution is -2.59. The van der Waals surface area contributed by atoms with Crippen LogP contribution in [0.5, 0.6) is 11.5 Å². The largest absolute Gasteiger partial charge is 0.495 e. The number of anilines is 1. The number of fused-ring (bicyclic) bond motifs is 2. The summed E-state index contributed by atoms with van der Waals surface area (Å²) >= 11 is 6.81. The lowest BCUT2D eigenvalue weighted by molar-refractivity contribution is -0.148. The highest BCUT2D eigenvalue weighted by molar-refractivity contribution is 6.36. The second kappa shape index (κ2) is 15.4. The number of amides is 3. The topological polar surface area (TPSA) is 183 Å². The smallest absolute Gasteiger partial charge is 0.408 e. The van der Waals surface area contributed by atoms with Crippen LogP contribution < -0.4 is 25.4 Å².